The second-order valence-electron chi connectivity index (χ2n) is 5.71. The van der Waals surface area contributed by atoms with Gasteiger partial charge < -0.3 is 5.11 Å². The zero-order valence-corrected chi connectivity index (χ0v) is 12.7. The van der Waals surface area contributed by atoms with E-state index in [2.05, 4.69) is 51.1 Å². The Balaban J connectivity index is 2.24. The molecular formula is C20H20O. The standard InChI is InChI=1S/C20H20O/c1-13-7-6-10-17(15(13)3)20(21)19-14(2)11-12-16-8-4-5-9-18(16)19/h4-12,20-21H,1-3H3. The first kappa shape index (κ1) is 13.8. The summed E-state index contributed by atoms with van der Waals surface area (Å²) in [5, 5.41) is 13.3. The van der Waals surface area contributed by atoms with Crippen LogP contribution in [-0.2, 0) is 0 Å². The zero-order valence-electron chi connectivity index (χ0n) is 12.7. The van der Waals surface area contributed by atoms with Crippen LogP contribution in [0.1, 0.15) is 33.9 Å². The Bertz CT molecular complexity index is 802. The quantitative estimate of drug-likeness (QED) is 0.709. The Morgan fingerprint density at radius 1 is 0.762 bits per heavy atom. The maximum Gasteiger partial charge on any atom is 0.105 e. The summed E-state index contributed by atoms with van der Waals surface area (Å²) in [6, 6.07) is 18.6. The van der Waals surface area contributed by atoms with E-state index in [0.717, 1.165) is 27.6 Å². The molecule has 0 aliphatic rings. The molecule has 0 bridgehead atoms. The Morgan fingerprint density at radius 3 is 2.33 bits per heavy atom. The average Bonchev–Trinajstić information content (AvgIpc) is 2.49. The van der Waals surface area contributed by atoms with Gasteiger partial charge in [0.1, 0.15) is 6.10 Å². The van der Waals surface area contributed by atoms with E-state index in [1.165, 1.54) is 10.9 Å². The highest BCUT2D eigenvalue weighted by molar-refractivity contribution is 5.87. The van der Waals surface area contributed by atoms with Crippen LogP contribution in [0.4, 0.5) is 0 Å². The largest absolute Gasteiger partial charge is 0.384 e. The third kappa shape index (κ3) is 2.34. The molecule has 0 spiro atoms. The lowest BCUT2D eigenvalue weighted by atomic mass is 9.89. The van der Waals surface area contributed by atoms with Crippen molar-refractivity contribution in [2.24, 2.45) is 0 Å². The molecule has 0 aliphatic heterocycles. The molecule has 0 heterocycles. The lowest BCUT2D eigenvalue weighted by Gasteiger charge is -2.19. The number of hydrogen-bond donors (Lipinski definition) is 1. The monoisotopic (exact) mass is 276 g/mol. The van der Waals surface area contributed by atoms with E-state index >= 15 is 0 Å². The van der Waals surface area contributed by atoms with Crippen LogP contribution in [0, 0.1) is 20.8 Å². The van der Waals surface area contributed by atoms with Crippen LogP contribution >= 0.6 is 0 Å². The van der Waals surface area contributed by atoms with Crippen LogP contribution in [0.25, 0.3) is 10.8 Å². The molecule has 0 aromatic heterocycles. The highest BCUT2D eigenvalue weighted by atomic mass is 16.3. The summed E-state index contributed by atoms with van der Waals surface area (Å²) >= 11 is 0. The molecule has 21 heavy (non-hydrogen) atoms. The number of benzene rings is 3. The van der Waals surface area contributed by atoms with Gasteiger partial charge in [0.2, 0.25) is 0 Å². The molecule has 1 heteroatoms. The third-order valence-corrected chi connectivity index (χ3v) is 4.40. The van der Waals surface area contributed by atoms with Gasteiger partial charge in [0, 0.05) is 0 Å². The predicted molar refractivity (Wildman–Crippen MR) is 88.7 cm³/mol. The molecule has 3 aromatic carbocycles. The molecule has 0 radical (unpaired) electrons. The van der Waals surface area contributed by atoms with Gasteiger partial charge in [0.05, 0.1) is 0 Å². The van der Waals surface area contributed by atoms with Crippen molar-refractivity contribution in [1.29, 1.82) is 0 Å². The number of aryl methyl sites for hydroxylation is 2. The summed E-state index contributed by atoms with van der Waals surface area (Å²) in [5.41, 5.74) is 5.51. The van der Waals surface area contributed by atoms with Gasteiger partial charge in [-0.3, -0.25) is 0 Å². The van der Waals surface area contributed by atoms with Crippen molar-refractivity contribution < 1.29 is 5.11 Å². The molecule has 1 atom stereocenters. The minimum atomic E-state index is -0.587. The predicted octanol–water partition coefficient (Wildman–Crippen LogP) is 4.85. The molecule has 0 fully saturated rings. The van der Waals surface area contributed by atoms with Crippen LogP contribution in [0.2, 0.25) is 0 Å². The van der Waals surface area contributed by atoms with Gasteiger partial charge in [-0.25, -0.2) is 0 Å². The Labute approximate surface area is 125 Å². The number of aliphatic hydroxyl groups excluding tert-OH is 1. The summed E-state index contributed by atoms with van der Waals surface area (Å²) in [7, 11) is 0. The van der Waals surface area contributed by atoms with Crippen LogP contribution in [0.5, 0.6) is 0 Å². The first-order chi connectivity index (χ1) is 10.1. The second kappa shape index (κ2) is 5.34. The Kier molecular flexibility index (Phi) is 3.52. The van der Waals surface area contributed by atoms with Gasteiger partial charge in [0.25, 0.3) is 0 Å². The third-order valence-electron chi connectivity index (χ3n) is 4.40. The fraction of sp³-hybridized carbons (Fsp3) is 0.200. The van der Waals surface area contributed by atoms with Crippen molar-refractivity contribution in [2.45, 2.75) is 26.9 Å². The van der Waals surface area contributed by atoms with Crippen molar-refractivity contribution in [3.05, 3.63) is 82.4 Å². The summed E-state index contributed by atoms with van der Waals surface area (Å²) in [6.07, 6.45) is -0.587. The van der Waals surface area contributed by atoms with E-state index in [1.54, 1.807) is 0 Å². The van der Waals surface area contributed by atoms with Gasteiger partial charge in [-0.05, 0) is 59.4 Å². The topological polar surface area (TPSA) is 20.2 Å². The number of aliphatic hydroxyl groups is 1. The minimum Gasteiger partial charge on any atom is -0.384 e. The second-order valence-corrected chi connectivity index (χ2v) is 5.71. The molecule has 106 valence electrons. The average molecular weight is 276 g/mol. The normalized spacial score (nSPS) is 12.6. The van der Waals surface area contributed by atoms with Crippen molar-refractivity contribution in [3.8, 4) is 0 Å². The maximum absolute atomic E-state index is 11.0. The molecule has 1 nitrogen and oxygen atoms in total. The van der Waals surface area contributed by atoms with Crippen molar-refractivity contribution in [2.75, 3.05) is 0 Å². The van der Waals surface area contributed by atoms with E-state index < -0.39 is 6.10 Å². The highest BCUT2D eigenvalue weighted by Crippen LogP contribution is 2.33. The van der Waals surface area contributed by atoms with Crippen LogP contribution in [0.15, 0.2) is 54.6 Å². The van der Waals surface area contributed by atoms with E-state index in [0.29, 0.717) is 0 Å². The Hall–Kier alpha value is -2.12. The zero-order chi connectivity index (χ0) is 15.0. The fourth-order valence-electron chi connectivity index (χ4n) is 2.99. The number of fused-ring (bicyclic) bond motifs is 1. The molecule has 0 aliphatic carbocycles. The van der Waals surface area contributed by atoms with E-state index in [9.17, 15) is 5.11 Å². The van der Waals surface area contributed by atoms with Crippen LogP contribution in [-0.4, -0.2) is 5.11 Å². The molecule has 0 amide bonds. The van der Waals surface area contributed by atoms with Gasteiger partial charge in [-0.1, -0.05) is 54.6 Å². The number of hydrogen-bond acceptors (Lipinski definition) is 1. The van der Waals surface area contributed by atoms with Crippen molar-refractivity contribution in [1.82, 2.24) is 0 Å². The van der Waals surface area contributed by atoms with Gasteiger partial charge in [-0.15, -0.1) is 0 Å². The van der Waals surface area contributed by atoms with Crippen molar-refractivity contribution >= 4 is 10.8 Å². The smallest absolute Gasteiger partial charge is 0.105 e. The van der Waals surface area contributed by atoms with E-state index in [4.69, 9.17) is 0 Å². The van der Waals surface area contributed by atoms with Gasteiger partial charge in [-0.2, -0.15) is 0 Å². The first-order valence-electron chi connectivity index (χ1n) is 7.32. The minimum absolute atomic E-state index is 0.587. The van der Waals surface area contributed by atoms with Gasteiger partial charge in [0.15, 0.2) is 0 Å². The highest BCUT2D eigenvalue weighted by Gasteiger charge is 2.18. The molecule has 0 saturated carbocycles. The number of rotatable bonds is 2. The molecule has 0 saturated heterocycles. The lowest BCUT2D eigenvalue weighted by molar-refractivity contribution is 0.220. The Morgan fingerprint density at radius 2 is 1.52 bits per heavy atom. The van der Waals surface area contributed by atoms with E-state index in [-0.39, 0.29) is 0 Å². The fourth-order valence-corrected chi connectivity index (χ4v) is 2.99. The molecule has 3 aromatic rings. The summed E-state index contributed by atoms with van der Waals surface area (Å²) in [6.45, 7) is 6.23. The first-order valence-corrected chi connectivity index (χ1v) is 7.32. The summed E-state index contributed by atoms with van der Waals surface area (Å²) in [5.74, 6) is 0. The van der Waals surface area contributed by atoms with Crippen LogP contribution in [0.3, 0.4) is 0 Å². The molecule has 1 N–H and O–H groups in total. The molecule has 3 rings (SSSR count). The van der Waals surface area contributed by atoms with Crippen molar-refractivity contribution in [3.63, 3.8) is 0 Å². The van der Waals surface area contributed by atoms with E-state index in [1.807, 2.05) is 24.3 Å². The molecule has 1 unspecified atom stereocenters. The molecular weight excluding hydrogens is 256 g/mol. The lowest BCUT2D eigenvalue weighted by Crippen LogP contribution is -2.06. The summed E-state index contributed by atoms with van der Waals surface area (Å²) < 4.78 is 0. The summed E-state index contributed by atoms with van der Waals surface area (Å²) in [4.78, 5) is 0. The van der Waals surface area contributed by atoms with Gasteiger partial charge >= 0.3 is 0 Å². The van der Waals surface area contributed by atoms with Crippen LogP contribution < -0.4 is 0 Å². The SMILES string of the molecule is Cc1cccc(C(O)c2c(C)ccc3ccccc23)c1C. The maximum atomic E-state index is 11.0.